The van der Waals surface area contributed by atoms with Gasteiger partial charge >= 0.3 is 0 Å². The summed E-state index contributed by atoms with van der Waals surface area (Å²) in [6, 6.07) is 10.1. The Morgan fingerprint density at radius 2 is 1.83 bits per heavy atom. The average molecular weight is 263 g/mol. The topological polar surface area (TPSA) is 20.3 Å². The van der Waals surface area contributed by atoms with Gasteiger partial charge in [-0.3, -0.25) is 4.79 Å². The van der Waals surface area contributed by atoms with Crippen LogP contribution in [0.3, 0.4) is 0 Å². The van der Waals surface area contributed by atoms with Gasteiger partial charge in [-0.1, -0.05) is 32.0 Å². The third-order valence-electron chi connectivity index (χ3n) is 3.33. The largest absolute Gasteiger partial charge is 0.341 e. The molecule has 2 rings (SSSR count). The average Bonchev–Trinajstić information content (AvgIpc) is 2.36. The number of thioether (sulfide) groups is 1. The number of nitrogens with zero attached hydrogens (tertiary/aromatic N) is 1. The van der Waals surface area contributed by atoms with Crippen LogP contribution in [0, 0.1) is 11.8 Å². The maximum Gasteiger partial charge on any atom is 0.232 e. The zero-order valence-corrected chi connectivity index (χ0v) is 12.0. The summed E-state index contributed by atoms with van der Waals surface area (Å²) in [5.41, 5.74) is 0. The summed E-state index contributed by atoms with van der Waals surface area (Å²) in [5, 5.41) is 0. The van der Waals surface area contributed by atoms with Crippen molar-refractivity contribution in [2.24, 2.45) is 11.8 Å². The lowest BCUT2D eigenvalue weighted by Crippen LogP contribution is -2.43. The van der Waals surface area contributed by atoms with E-state index >= 15 is 0 Å². The Balaban J connectivity index is 1.84. The summed E-state index contributed by atoms with van der Waals surface area (Å²) in [6.07, 6.45) is 1.25. The molecule has 18 heavy (non-hydrogen) atoms. The molecule has 1 aromatic rings. The molecule has 98 valence electrons. The second-order valence-electron chi connectivity index (χ2n) is 5.35. The van der Waals surface area contributed by atoms with Crippen LogP contribution in [0.25, 0.3) is 0 Å². The van der Waals surface area contributed by atoms with Gasteiger partial charge in [-0.15, -0.1) is 11.8 Å². The Bertz CT molecular complexity index is 383. The first-order chi connectivity index (χ1) is 8.65. The maximum absolute atomic E-state index is 12.2. The van der Waals surface area contributed by atoms with E-state index in [1.54, 1.807) is 11.8 Å². The molecule has 1 amide bonds. The Morgan fingerprint density at radius 1 is 1.22 bits per heavy atom. The van der Waals surface area contributed by atoms with Gasteiger partial charge < -0.3 is 4.90 Å². The van der Waals surface area contributed by atoms with Crippen molar-refractivity contribution in [2.45, 2.75) is 25.2 Å². The second-order valence-corrected chi connectivity index (χ2v) is 6.40. The molecule has 0 aliphatic carbocycles. The number of benzene rings is 1. The standard InChI is InChI=1S/C15H21NOS/c1-12-8-13(2)10-16(9-12)15(17)11-18-14-6-4-3-5-7-14/h3-7,12-13H,8-11H2,1-2H3/t12-,13+. The number of carbonyl (C=O) groups is 1. The first-order valence-corrected chi connectivity index (χ1v) is 7.59. The molecule has 1 fully saturated rings. The highest BCUT2D eigenvalue weighted by atomic mass is 32.2. The fourth-order valence-corrected chi connectivity index (χ4v) is 3.44. The van der Waals surface area contributed by atoms with Gasteiger partial charge in [-0.2, -0.15) is 0 Å². The Morgan fingerprint density at radius 3 is 2.44 bits per heavy atom. The number of amides is 1. The first-order valence-electron chi connectivity index (χ1n) is 6.60. The third kappa shape index (κ3) is 3.77. The van der Waals surface area contributed by atoms with Crippen molar-refractivity contribution >= 4 is 17.7 Å². The minimum absolute atomic E-state index is 0.280. The molecule has 0 radical (unpaired) electrons. The van der Waals surface area contributed by atoms with Gasteiger partial charge in [0.15, 0.2) is 0 Å². The predicted octanol–water partition coefficient (Wildman–Crippen LogP) is 3.28. The fourth-order valence-electron chi connectivity index (χ4n) is 2.62. The van der Waals surface area contributed by atoms with Crippen molar-refractivity contribution in [1.29, 1.82) is 0 Å². The number of likely N-dealkylation sites (tertiary alicyclic amines) is 1. The summed E-state index contributed by atoms with van der Waals surface area (Å²) in [5.74, 6) is 2.12. The Hall–Kier alpha value is -0.960. The third-order valence-corrected chi connectivity index (χ3v) is 4.32. The lowest BCUT2D eigenvalue weighted by Gasteiger charge is -2.35. The van der Waals surface area contributed by atoms with E-state index in [2.05, 4.69) is 26.0 Å². The fraction of sp³-hybridized carbons (Fsp3) is 0.533. The SMILES string of the molecule is C[C@@H]1C[C@H](C)CN(C(=O)CSc2ccccc2)C1. The molecule has 1 saturated heterocycles. The smallest absolute Gasteiger partial charge is 0.232 e. The number of carbonyl (C=O) groups excluding carboxylic acids is 1. The van der Waals surface area contributed by atoms with Gasteiger partial charge in [-0.25, -0.2) is 0 Å². The molecule has 0 aromatic heterocycles. The minimum Gasteiger partial charge on any atom is -0.341 e. The lowest BCUT2D eigenvalue weighted by atomic mass is 9.92. The molecule has 0 spiro atoms. The van der Waals surface area contributed by atoms with Crippen molar-refractivity contribution in [1.82, 2.24) is 4.90 Å². The van der Waals surface area contributed by atoms with E-state index in [4.69, 9.17) is 0 Å². The summed E-state index contributed by atoms with van der Waals surface area (Å²) in [6.45, 7) is 6.33. The van der Waals surface area contributed by atoms with Crippen LogP contribution < -0.4 is 0 Å². The monoisotopic (exact) mass is 263 g/mol. The molecular formula is C15H21NOS. The van der Waals surface area contributed by atoms with Crippen molar-refractivity contribution in [3.8, 4) is 0 Å². The molecule has 2 atom stereocenters. The van der Waals surface area contributed by atoms with Crippen LogP contribution in [0.2, 0.25) is 0 Å². The van der Waals surface area contributed by atoms with E-state index in [1.165, 1.54) is 11.3 Å². The van der Waals surface area contributed by atoms with Crippen molar-refractivity contribution < 1.29 is 4.79 Å². The van der Waals surface area contributed by atoms with E-state index in [-0.39, 0.29) is 5.91 Å². The van der Waals surface area contributed by atoms with Crippen molar-refractivity contribution in [2.75, 3.05) is 18.8 Å². The molecule has 0 N–H and O–H groups in total. The normalized spacial score (nSPS) is 24.0. The highest BCUT2D eigenvalue weighted by Gasteiger charge is 2.25. The summed E-state index contributed by atoms with van der Waals surface area (Å²) >= 11 is 1.63. The highest BCUT2D eigenvalue weighted by Crippen LogP contribution is 2.23. The van der Waals surface area contributed by atoms with E-state index in [0.717, 1.165) is 13.1 Å². The van der Waals surface area contributed by atoms with E-state index < -0.39 is 0 Å². The molecule has 0 saturated carbocycles. The van der Waals surface area contributed by atoms with E-state index in [9.17, 15) is 4.79 Å². The van der Waals surface area contributed by atoms with Crippen LogP contribution in [-0.4, -0.2) is 29.6 Å². The van der Waals surface area contributed by atoms with Crippen molar-refractivity contribution in [3.05, 3.63) is 30.3 Å². The van der Waals surface area contributed by atoms with E-state index in [0.29, 0.717) is 17.6 Å². The quantitative estimate of drug-likeness (QED) is 0.780. The predicted molar refractivity (Wildman–Crippen MR) is 76.7 cm³/mol. The minimum atomic E-state index is 0.280. The molecule has 3 heteroatoms. The number of piperidine rings is 1. The molecule has 1 heterocycles. The van der Waals surface area contributed by atoms with Gasteiger partial charge in [0, 0.05) is 18.0 Å². The summed E-state index contributed by atoms with van der Waals surface area (Å²) < 4.78 is 0. The van der Waals surface area contributed by atoms with Crippen LogP contribution in [0.15, 0.2) is 35.2 Å². The lowest BCUT2D eigenvalue weighted by molar-refractivity contribution is -0.130. The molecule has 2 nitrogen and oxygen atoms in total. The first kappa shape index (κ1) is 13.5. The number of hydrogen-bond acceptors (Lipinski definition) is 2. The molecule has 1 aromatic carbocycles. The van der Waals surface area contributed by atoms with Gasteiger partial charge in [0.2, 0.25) is 5.91 Å². The molecule has 0 unspecified atom stereocenters. The zero-order chi connectivity index (χ0) is 13.0. The van der Waals surface area contributed by atoms with Crippen LogP contribution in [-0.2, 0) is 4.79 Å². The second kappa shape index (κ2) is 6.28. The zero-order valence-electron chi connectivity index (χ0n) is 11.1. The van der Waals surface area contributed by atoms with Gasteiger partial charge in [0.05, 0.1) is 5.75 Å². The number of rotatable bonds is 3. The Kier molecular flexibility index (Phi) is 4.70. The van der Waals surface area contributed by atoms with Crippen LogP contribution in [0.4, 0.5) is 0 Å². The van der Waals surface area contributed by atoms with E-state index in [1.807, 2.05) is 23.1 Å². The summed E-state index contributed by atoms with van der Waals surface area (Å²) in [7, 11) is 0. The van der Waals surface area contributed by atoms with Crippen LogP contribution >= 0.6 is 11.8 Å². The highest BCUT2D eigenvalue weighted by molar-refractivity contribution is 8.00. The summed E-state index contributed by atoms with van der Waals surface area (Å²) in [4.78, 5) is 15.4. The van der Waals surface area contributed by atoms with Gasteiger partial charge in [-0.05, 0) is 30.4 Å². The number of hydrogen-bond donors (Lipinski definition) is 0. The molecule has 1 aliphatic heterocycles. The molecular weight excluding hydrogens is 242 g/mol. The molecule has 0 bridgehead atoms. The molecule has 1 aliphatic rings. The maximum atomic E-state index is 12.2. The van der Waals surface area contributed by atoms with Crippen molar-refractivity contribution in [3.63, 3.8) is 0 Å². The van der Waals surface area contributed by atoms with Crippen LogP contribution in [0.1, 0.15) is 20.3 Å². The van der Waals surface area contributed by atoms with Gasteiger partial charge in [0.25, 0.3) is 0 Å². The van der Waals surface area contributed by atoms with Gasteiger partial charge in [0.1, 0.15) is 0 Å². The Labute approximate surface area is 114 Å². The van der Waals surface area contributed by atoms with Crippen LogP contribution in [0.5, 0.6) is 0 Å².